The zero-order valence-electron chi connectivity index (χ0n) is 12.4. The highest BCUT2D eigenvalue weighted by atomic mass is 32.2. The fourth-order valence-corrected chi connectivity index (χ4v) is 3.70. The molecule has 0 bridgehead atoms. The number of fused-ring (bicyclic) bond motifs is 1. The van der Waals surface area contributed by atoms with Crippen molar-refractivity contribution in [3.8, 4) is 0 Å². The summed E-state index contributed by atoms with van der Waals surface area (Å²) in [6.45, 7) is 2.02. The van der Waals surface area contributed by atoms with Crippen LogP contribution in [0.15, 0.2) is 35.6 Å². The Balaban J connectivity index is 1.70. The topological polar surface area (TPSA) is 91.0 Å². The summed E-state index contributed by atoms with van der Waals surface area (Å²) in [6.07, 6.45) is 1.40. The molecule has 118 valence electrons. The summed E-state index contributed by atoms with van der Waals surface area (Å²) in [5, 5.41) is 1.50. The van der Waals surface area contributed by atoms with E-state index in [-0.39, 0.29) is 18.0 Å². The van der Waals surface area contributed by atoms with E-state index >= 15 is 0 Å². The first-order valence-electron chi connectivity index (χ1n) is 6.94. The number of ether oxygens (including phenoxy) is 1. The minimum atomic E-state index is -0.507. The van der Waals surface area contributed by atoms with Crippen LogP contribution >= 0.6 is 23.1 Å². The Kier molecular flexibility index (Phi) is 4.73. The summed E-state index contributed by atoms with van der Waals surface area (Å²) in [5.74, 6) is 0.273. The summed E-state index contributed by atoms with van der Waals surface area (Å²) >= 11 is 3.07. The Hall–Kier alpha value is -2.19. The van der Waals surface area contributed by atoms with Crippen molar-refractivity contribution in [1.82, 2.24) is 15.0 Å². The Labute approximate surface area is 141 Å². The van der Waals surface area contributed by atoms with Crippen LogP contribution in [0, 0.1) is 0 Å². The molecular weight excluding hydrogens is 332 g/mol. The van der Waals surface area contributed by atoms with Gasteiger partial charge in [-0.1, -0.05) is 23.9 Å². The molecule has 2 N–H and O–H groups in total. The number of carbonyl (C=O) groups excluding carboxylic acids is 1. The maximum absolute atomic E-state index is 11.7. The number of nitrogen functional groups attached to an aromatic ring is 1. The molecule has 0 aliphatic rings. The van der Waals surface area contributed by atoms with Crippen molar-refractivity contribution < 1.29 is 9.53 Å². The molecule has 0 fully saturated rings. The van der Waals surface area contributed by atoms with Gasteiger partial charge in [-0.2, -0.15) is 0 Å². The maximum Gasteiger partial charge on any atom is 0.343 e. The van der Waals surface area contributed by atoms with Gasteiger partial charge in [0.15, 0.2) is 5.16 Å². The number of anilines is 1. The van der Waals surface area contributed by atoms with Crippen molar-refractivity contribution in [2.75, 3.05) is 12.3 Å². The standard InChI is InChI=1S/C15H14N4O2S2/c1-2-21-14(20)9-7-17-15(19-13(9)16)22-8-12-18-10-5-3-4-6-11(10)23-12/h3-7H,2,8H2,1H3,(H2,16,17,19). The van der Waals surface area contributed by atoms with Gasteiger partial charge in [-0.15, -0.1) is 11.3 Å². The highest BCUT2D eigenvalue weighted by molar-refractivity contribution is 7.98. The molecule has 0 radical (unpaired) electrons. The third-order valence-electron chi connectivity index (χ3n) is 2.95. The van der Waals surface area contributed by atoms with E-state index in [4.69, 9.17) is 10.5 Å². The molecule has 0 saturated heterocycles. The fraction of sp³-hybridized carbons (Fsp3) is 0.200. The average molecular weight is 346 g/mol. The van der Waals surface area contributed by atoms with Crippen LogP contribution in [-0.2, 0) is 10.5 Å². The number of thioether (sulfide) groups is 1. The number of aromatic nitrogens is 3. The summed E-state index contributed by atoms with van der Waals surface area (Å²) in [7, 11) is 0. The van der Waals surface area contributed by atoms with Crippen molar-refractivity contribution in [3.05, 3.63) is 41.0 Å². The van der Waals surface area contributed by atoms with Gasteiger partial charge in [0.1, 0.15) is 16.4 Å². The molecule has 0 aliphatic carbocycles. The molecule has 0 aliphatic heterocycles. The Morgan fingerprint density at radius 1 is 1.35 bits per heavy atom. The van der Waals surface area contributed by atoms with E-state index in [0.717, 1.165) is 15.2 Å². The molecule has 3 aromatic rings. The number of nitrogens with two attached hydrogens (primary N) is 1. The molecule has 1 aromatic carbocycles. The summed E-state index contributed by atoms with van der Waals surface area (Å²) in [4.78, 5) is 24.5. The summed E-state index contributed by atoms with van der Waals surface area (Å²) in [5.41, 5.74) is 6.99. The lowest BCUT2D eigenvalue weighted by Crippen LogP contribution is -2.10. The molecule has 0 unspecified atom stereocenters. The largest absolute Gasteiger partial charge is 0.462 e. The number of para-hydroxylation sites is 1. The minimum absolute atomic E-state index is 0.130. The Morgan fingerprint density at radius 2 is 2.17 bits per heavy atom. The predicted molar refractivity (Wildman–Crippen MR) is 91.6 cm³/mol. The van der Waals surface area contributed by atoms with E-state index in [1.165, 1.54) is 18.0 Å². The first-order chi connectivity index (χ1) is 11.2. The number of hydrogen-bond donors (Lipinski definition) is 1. The number of carbonyl (C=O) groups is 1. The van der Waals surface area contributed by atoms with Crippen LogP contribution in [0.5, 0.6) is 0 Å². The molecule has 2 aromatic heterocycles. The third-order valence-corrected chi connectivity index (χ3v) is 5.05. The van der Waals surface area contributed by atoms with Crippen molar-refractivity contribution in [3.63, 3.8) is 0 Å². The van der Waals surface area contributed by atoms with Gasteiger partial charge in [0.05, 0.1) is 22.6 Å². The second kappa shape index (κ2) is 6.93. The van der Waals surface area contributed by atoms with Gasteiger partial charge >= 0.3 is 5.97 Å². The van der Waals surface area contributed by atoms with Crippen LogP contribution in [0.3, 0.4) is 0 Å². The van der Waals surface area contributed by atoms with Gasteiger partial charge in [-0.25, -0.2) is 19.7 Å². The minimum Gasteiger partial charge on any atom is -0.462 e. The van der Waals surface area contributed by atoms with Crippen LogP contribution in [0.1, 0.15) is 22.3 Å². The van der Waals surface area contributed by atoms with Crippen molar-refractivity contribution in [1.29, 1.82) is 0 Å². The van der Waals surface area contributed by atoms with Gasteiger partial charge in [-0.05, 0) is 19.1 Å². The van der Waals surface area contributed by atoms with Gasteiger partial charge in [0, 0.05) is 6.20 Å². The van der Waals surface area contributed by atoms with Crippen LogP contribution in [0.25, 0.3) is 10.2 Å². The van der Waals surface area contributed by atoms with E-state index in [1.807, 2.05) is 24.3 Å². The maximum atomic E-state index is 11.7. The molecular formula is C15H14N4O2S2. The highest BCUT2D eigenvalue weighted by Gasteiger charge is 2.14. The fourth-order valence-electron chi connectivity index (χ4n) is 1.92. The normalized spacial score (nSPS) is 10.8. The molecule has 0 spiro atoms. The predicted octanol–water partition coefficient (Wildman–Crippen LogP) is 3.14. The number of benzene rings is 1. The van der Waals surface area contributed by atoms with Crippen LogP contribution in [0.4, 0.5) is 5.82 Å². The molecule has 6 nitrogen and oxygen atoms in total. The van der Waals surface area contributed by atoms with Crippen LogP contribution < -0.4 is 5.73 Å². The zero-order chi connectivity index (χ0) is 16.2. The lowest BCUT2D eigenvalue weighted by Gasteiger charge is -2.05. The van der Waals surface area contributed by atoms with Crippen LogP contribution in [-0.4, -0.2) is 27.5 Å². The van der Waals surface area contributed by atoms with Gasteiger partial charge < -0.3 is 10.5 Å². The Bertz CT molecular complexity index is 817. The van der Waals surface area contributed by atoms with Crippen LogP contribution in [0.2, 0.25) is 0 Å². The lowest BCUT2D eigenvalue weighted by molar-refractivity contribution is 0.0526. The van der Waals surface area contributed by atoms with E-state index in [9.17, 15) is 4.79 Å². The molecule has 0 atom stereocenters. The zero-order valence-corrected chi connectivity index (χ0v) is 14.0. The lowest BCUT2D eigenvalue weighted by atomic mass is 10.3. The van der Waals surface area contributed by atoms with Gasteiger partial charge in [0.25, 0.3) is 0 Å². The molecule has 3 rings (SSSR count). The van der Waals surface area contributed by atoms with Crippen molar-refractivity contribution in [2.24, 2.45) is 0 Å². The highest BCUT2D eigenvalue weighted by Crippen LogP contribution is 2.27. The van der Waals surface area contributed by atoms with Crippen molar-refractivity contribution >= 4 is 45.1 Å². The molecule has 2 heterocycles. The number of nitrogens with zero attached hydrogens (tertiary/aromatic N) is 3. The number of rotatable bonds is 5. The monoisotopic (exact) mass is 346 g/mol. The van der Waals surface area contributed by atoms with E-state index in [1.54, 1.807) is 18.3 Å². The second-order valence-electron chi connectivity index (χ2n) is 4.54. The SMILES string of the molecule is CCOC(=O)c1cnc(SCc2nc3ccccc3s2)nc1N. The van der Waals surface area contributed by atoms with Crippen molar-refractivity contribution in [2.45, 2.75) is 17.8 Å². The summed E-state index contributed by atoms with van der Waals surface area (Å²) < 4.78 is 6.05. The second-order valence-corrected chi connectivity index (χ2v) is 6.59. The first-order valence-corrected chi connectivity index (χ1v) is 8.74. The first kappa shape index (κ1) is 15.7. The molecule has 23 heavy (non-hydrogen) atoms. The third kappa shape index (κ3) is 3.59. The quantitative estimate of drug-likeness (QED) is 0.431. The number of thiazole rings is 1. The van der Waals surface area contributed by atoms with E-state index in [2.05, 4.69) is 15.0 Å². The Morgan fingerprint density at radius 3 is 2.91 bits per heavy atom. The molecule has 0 amide bonds. The smallest absolute Gasteiger partial charge is 0.343 e. The molecule has 8 heteroatoms. The average Bonchev–Trinajstić information content (AvgIpc) is 2.96. The van der Waals surface area contributed by atoms with E-state index in [0.29, 0.717) is 10.9 Å². The van der Waals surface area contributed by atoms with Gasteiger partial charge in [0.2, 0.25) is 0 Å². The van der Waals surface area contributed by atoms with E-state index < -0.39 is 5.97 Å². The number of hydrogen-bond acceptors (Lipinski definition) is 8. The molecule has 0 saturated carbocycles. The number of esters is 1. The summed E-state index contributed by atoms with van der Waals surface area (Å²) in [6, 6.07) is 8.00. The van der Waals surface area contributed by atoms with Gasteiger partial charge in [-0.3, -0.25) is 0 Å².